The van der Waals surface area contributed by atoms with Gasteiger partial charge in [0.05, 0.1) is 5.52 Å². The van der Waals surface area contributed by atoms with Crippen LogP contribution in [0.1, 0.15) is 0 Å². The number of benzene rings is 2. The molecule has 0 unspecified atom stereocenters. The molecule has 3 rings (SSSR count). The lowest BCUT2D eigenvalue weighted by atomic mass is 10.1. The SMILES string of the molecule is O=C(O)Oc1cc2ccccc2nc1-c1ccccc1. The van der Waals surface area contributed by atoms with Crippen molar-refractivity contribution in [2.45, 2.75) is 0 Å². The van der Waals surface area contributed by atoms with Crippen molar-refractivity contribution in [3.63, 3.8) is 0 Å². The predicted molar refractivity (Wildman–Crippen MR) is 75.8 cm³/mol. The number of hydrogen-bond acceptors (Lipinski definition) is 3. The number of ether oxygens (including phenoxy) is 1. The van der Waals surface area contributed by atoms with E-state index in [1.165, 1.54) is 0 Å². The lowest BCUT2D eigenvalue weighted by molar-refractivity contribution is 0.144. The van der Waals surface area contributed by atoms with Gasteiger partial charge in [-0.25, -0.2) is 9.78 Å². The van der Waals surface area contributed by atoms with Crippen molar-refractivity contribution in [2.75, 3.05) is 0 Å². The summed E-state index contributed by atoms with van der Waals surface area (Å²) in [5.41, 5.74) is 2.13. The van der Waals surface area contributed by atoms with Gasteiger partial charge in [0.1, 0.15) is 5.69 Å². The van der Waals surface area contributed by atoms with E-state index in [1.54, 1.807) is 6.07 Å². The molecule has 4 nitrogen and oxygen atoms in total. The van der Waals surface area contributed by atoms with Gasteiger partial charge in [0.25, 0.3) is 0 Å². The van der Waals surface area contributed by atoms with Crippen LogP contribution in [0.5, 0.6) is 5.75 Å². The highest BCUT2D eigenvalue weighted by atomic mass is 16.7. The van der Waals surface area contributed by atoms with E-state index in [0.29, 0.717) is 5.69 Å². The summed E-state index contributed by atoms with van der Waals surface area (Å²) in [5.74, 6) is 0.238. The van der Waals surface area contributed by atoms with E-state index < -0.39 is 6.16 Å². The van der Waals surface area contributed by atoms with E-state index in [-0.39, 0.29) is 5.75 Å². The largest absolute Gasteiger partial charge is 0.511 e. The fraction of sp³-hybridized carbons (Fsp3) is 0. The molecular weight excluding hydrogens is 254 g/mol. The topological polar surface area (TPSA) is 59.4 Å². The Morgan fingerprint density at radius 2 is 1.70 bits per heavy atom. The fourth-order valence-electron chi connectivity index (χ4n) is 2.07. The van der Waals surface area contributed by atoms with Gasteiger partial charge in [-0.15, -0.1) is 0 Å². The number of aromatic nitrogens is 1. The Morgan fingerprint density at radius 3 is 2.45 bits per heavy atom. The molecule has 0 aliphatic rings. The van der Waals surface area contributed by atoms with E-state index >= 15 is 0 Å². The van der Waals surface area contributed by atoms with Crippen LogP contribution < -0.4 is 4.74 Å². The third-order valence-electron chi connectivity index (χ3n) is 2.93. The van der Waals surface area contributed by atoms with Crippen molar-refractivity contribution < 1.29 is 14.6 Å². The standard InChI is InChI=1S/C16H11NO3/c18-16(19)20-14-10-12-8-4-5-9-13(12)17-15(14)11-6-2-1-3-7-11/h1-10H,(H,18,19). The molecule has 2 aromatic carbocycles. The van der Waals surface area contributed by atoms with E-state index in [2.05, 4.69) is 4.98 Å². The number of para-hydroxylation sites is 1. The van der Waals surface area contributed by atoms with Crippen molar-refractivity contribution in [2.24, 2.45) is 0 Å². The lowest BCUT2D eigenvalue weighted by Gasteiger charge is -2.09. The summed E-state index contributed by atoms with van der Waals surface area (Å²) in [6, 6.07) is 18.6. The number of fused-ring (bicyclic) bond motifs is 1. The zero-order valence-corrected chi connectivity index (χ0v) is 10.5. The van der Waals surface area contributed by atoms with Gasteiger partial charge in [-0.1, -0.05) is 48.5 Å². The molecule has 0 bridgehead atoms. The summed E-state index contributed by atoms with van der Waals surface area (Å²) < 4.78 is 4.86. The third kappa shape index (κ3) is 2.31. The number of nitrogens with zero attached hydrogens (tertiary/aromatic N) is 1. The number of carboxylic acid groups (broad SMARTS) is 1. The lowest BCUT2D eigenvalue weighted by Crippen LogP contribution is -2.05. The summed E-state index contributed by atoms with van der Waals surface area (Å²) in [4.78, 5) is 15.3. The smallest absolute Gasteiger partial charge is 0.449 e. The Labute approximate surface area is 115 Å². The summed E-state index contributed by atoms with van der Waals surface area (Å²) in [6.07, 6.45) is -1.35. The van der Waals surface area contributed by atoms with Crippen LogP contribution in [0, 0.1) is 0 Å². The fourth-order valence-corrected chi connectivity index (χ4v) is 2.07. The number of pyridine rings is 1. The summed E-state index contributed by atoms with van der Waals surface area (Å²) in [7, 11) is 0. The average Bonchev–Trinajstić information content (AvgIpc) is 2.47. The second-order valence-electron chi connectivity index (χ2n) is 4.26. The minimum Gasteiger partial charge on any atom is -0.449 e. The molecule has 1 N–H and O–H groups in total. The first-order chi connectivity index (χ1) is 9.74. The molecule has 0 atom stereocenters. The molecule has 0 saturated carbocycles. The van der Waals surface area contributed by atoms with Gasteiger partial charge < -0.3 is 9.84 Å². The van der Waals surface area contributed by atoms with Crippen molar-refractivity contribution in [3.05, 3.63) is 60.7 Å². The van der Waals surface area contributed by atoms with Gasteiger partial charge in [0, 0.05) is 10.9 Å². The van der Waals surface area contributed by atoms with Gasteiger partial charge >= 0.3 is 6.16 Å². The summed E-state index contributed by atoms with van der Waals surface area (Å²) in [5, 5.41) is 9.70. The molecular formula is C16H11NO3. The summed E-state index contributed by atoms with van der Waals surface area (Å²) >= 11 is 0. The Hall–Kier alpha value is -2.88. The molecule has 98 valence electrons. The summed E-state index contributed by atoms with van der Waals surface area (Å²) in [6.45, 7) is 0. The normalized spacial score (nSPS) is 10.4. The van der Waals surface area contributed by atoms with Crippen LogP contribution in [-0.4, -0.2) is 16.2 Å². The van der Waals surface area contributed by atoms with Crippen molar-refractivity contribution in [1.29, 1.82) is 0 Å². The molecule has 4 heteroatoms. The monoisotopic (exact) mass is 265 g/mol. The van der Waals surface area contributed by atoms with Crippen LogP contribution in [0.25, 0.3) is 22.2 Å². The van der Waals surface area contributed by atoms with Crippen LogP contribution in [0.2, 0.25) is 0 Å². The van der Waals surface area contributed by atoms with Crippen LogP contribution in [-0.2, 0) is 0 Å². The average molecular weight is 265 g/mol. The first-order valence-electron chi connectivity index (χ1n) is 6.10. The Balaban J connectivity index is 2.24. The maximum atomic E-state index is 10.8. The van der Waals surface area contributed by atoms with E-state index in [4.69, 9.17) is 9.84 Å². The highest BCUT2D eigenvalue weighted by Gasteiger charge is 2.13. The number of carbonyl (C=O) groups is 1. The van der Waals surface area contributed by atoms with Crippen molar-refractivity contribution >= 4 is 17.1 Å². The molecule has 0 radical (unpaired) electrons. The molecule has 0 aliphatic carbocycles. The zero-order chi connectivity index (χ0) is 13.9. The quantitative estimate of drug-likeness (QED) is 0.712. The molecule has 1 heterocycles. The maximum absolute atomic E-state index is 10.8. The van der Waals surface area contributed by atoms with Gasteiger partial charge in [-0.3, -0.25) is 0 Å². The van der Waals surface area contributed by atoms with E-state index in [0.717, 1.165) is 16.5 Å². The minimum atomic E-state index is -1.35. The Morgan fingerprint density at radius 1 is 1.00 bits per heavy atom. The third-order valence-corrected chi connectivity index (χ3v) is 2.93. The number of hydrogen-bond donors (Lipinski definition) is 1. The highest BCUT2D eigenvalue weighted by Crippen LogP contribution is 2.31. The molecule has 0 amide bonds. The predicted octanol–water partition coefficient (Wildman–Crippen LogP) is 3.96. The molecule has 3 aromatic rings. The molecule has 20 heavy (non-hydrogen) atoms. The van der Waals surface area contributed by atoms with Crippen molar-refractivity contribution in [3.8, 4) is 17.0 Å². The van der Waals surface area contributed by atoms with Crippen LogP contribution >= 0.6 is 0 Å². The Kier molecular flexibility index (Phi) is 3.05. The number of rotatable bonds is 2. The van der Waals surface area contributed by atoms with Crippen LogP contribution in [0.3, 0.4) is 0 Å². The Bertz CT molecular complexity index is 769. The van der Waals surface area contributed by atoms with E-state index in [1.807, 2.05) is 54.6 Å². The van der Waals surface area contributed by atoms with Crippen molar-refractivity contribution in [1.82, 2.24) is 4.98 Å². The molecule has 1 aromatic heterocycles. The minimum absolute atomic E-state index is 0.238. The maximum Gasteiger partial charge on any atom is 0.511 e. The van der Waals surface area contributed by atoms with Gasteiger partial charge in [-0.2, -0.15) is 0 Å². The van der Waals surface area contributed by atoms with Gasteiger partial charge in [-0.05, 0) is 12.1 Å². The molecule has 0 aliphatic heterocycles. The molecule has 0 fully saturated rings. The van der Waals surface area contributed by atoms with E-state index in [9.17, 15) is 4.79 Å². The van der Waals surface area contributed by atoms with Crippen LogP contribution in [0.4, 0.5) is 4.79 Å². The first-order valence-corrected chi connectivity index (χ1v) is 6.10. The van der Waals surface area contributed by atoms with Gasteiger partial charge in [0.2, 0.25) is 0 Å². The zero-order valence-electron chi connectivity index (χ0n) is 10.5. The first kappa shape index (κ1) is 12.2. The second-order valence-corrected chi connectivity index (χ2v) is 4.26. The second kappa shape index (κ2) is 5.01. The van der Waals surface area contributed by atoms with Crippen LogP contribution in [0.15, 0.2) is 60.7 Å². The highest BCUT2D eigenvalue weighted by molar-refractivity contribution is 5.86. The van der Waals surface area contributed by atoms with Gasteiger partial charge in [0.15, 0.2) is 5.75 Å². The molecule has 0 saturated heterocycles. The molecule has 0 spiro atoms.